The third kappa shape index (κ3) is 1.43. The van der Waals surface area contributed by atoms with Crippen LogP contribution in [0.2, 0.25) is 0 Å². The second-order valence-corrected chi connectivity index (χ2v) is 5.79. The molecule has 0 amide bonds. The molecule has 0 N–H and O–H groups in total. The van der Waals surface area contributed by atoms with Gasteiger partial charge in [-0.1, -0.05) is 24.3 Å². The number of Topliss-reactive ketones (excluding diaryl/α,β-unsaturated/α-hetero) is 1. The molecule has 0 unspecified atom stereocenters. The fraction of sp³-hybridized carbons (Fsp3) is 0.412. The first kappa shape index (κ1) is 12.3. The van der Waals surface area contributed by atoms with Crippen LogP contribution in [-0.2, 0) is 9.59 Å². The molecule has 0 radical (unpaired) electrons. The van der Waals surface area contributed by atoms with Gasteiger partial charge in [-0.3, -0.25) is 9.59 Å². The predicted molar refractivity (Wildman–Crippen MR) is 74.4 cm³/mol. The van der Waals surface area contributed by atoms with Crippen molar-refractivity contribution in [1.29, 1.82) is 0 Å². The molecule has 1 saturated carbocycles. The van der Waals surface area contributed by atoms with Gasteiger partial charge in [-0.2, -0.15) is 0 Å². The highest BCUT2D eigenvalue weighted by Gasteiger charge is 2.62. The molecule has 2 heteroatoms. The molecule has 0 aliphatic heterocycles. The maximum absolute atomic E-state index is 12.7. The Bertz CT molecular complexity index is 537. The monoisotopic (exact) mass is 254 g/mol. The van der Waals surface area contributed by atoms with Crippen molar-refractivity contribution in [3.05, 3.63) is 49.1 Å². The van der Waals surface area contributed by atoms with E-state index in [9.17, 15) is 9.59 Å². The van der Waals surface area contributed by atoms with E-state index in [1.165, 1.54) is 0 Å². The van der Waals surface area contributed by atoms with Crippen molar-refractivity contribution in [2.75, 3.05) is 0 Å². The molecule has 98 valence electrons. The van der Waals surface area contributed by atoms with Crippen LogP contribution in [-0.4, -0.2) is 11.6 Å². The molecule has 0 heterocycles. The molecular formula is C17H18O2. The number of carbonyl (C=O) groups is 2. The highest BCUT2D eigenvalue weighted by atomic mass is 16.1. The van der Waals surface area contributed by atoms with E-state index in [-0.39, 0.29) is 29.3 Å². The van der Waals surface area contributed by atoms with E-state index in [1.807, 2.05) is 0 Å². The number of hydrogen-bond acceptors (Lipinski definition) is 2. The van der Waals surface area contributed by atoms with Gasteiger partial charge in [0.25, 0.3) is 0 Å². The van der Waals surface area contributed by atoms with Gasteiger partial charge in [-0.05, 0) is 37.2 Å². The van der Waals surface area contributed by atoms with Crippen molar-refractivity contribution in [3.8, 4) is 0 Å². The topological polar surface area (TPSA) is 34.1 Å². The van der Waals surface area contributed by atoms with Crippen LogP contribution in [0.25, 0.3) is 0 Å². The van der Waals surface area contributed by atoms with E-state index >= 15 is 0 Å². The standard InChI is InChI=1S/C17H18O2/c1-3-5-12-10-14(18)17(8-4-2)13-7-6-11(9-13)15(17)16(12)19/h3-4,6-7,10-11,13,15H,1-2,5,8-9H2/t11-,13+,15+,17-/m1/s1. The van der Waals surface area contributed by atoms with Gasteiger partial charge in [0.15, 0.2) is 11.6 Å². The summed E-state index contributed by atoms with van der Waals surface area (Å²) in [5.41, 5.74) is 0.0914. The van der Waals surface area contributed by atoms with Crippen LogP contribution in [0.3, 0.4) is 0 Å². The Labute approximate surface area is 113 Å². The highest BCUT2D eigenvalue weighted by Crippen LogP contribution is 2.61. The second kappa shape index (κ2) is 4.16. The van der Waals surface area contributed by atoms with Gasteiger partial charge in [0.05, 0.1) is 5.41 Å². The summed E-state index contributed by atoms with van der Waals surface area (Å²) in [5.74, 6) is 0.533. The Morgan fingerprint density at radius 2 is 2.05 bits per heavy atom. The number of hydrogen-bond donors (Lipinski definition) is 0. The molecule has 0 saturated heterocycles. The van der Waals surface area contributed by atoms with Gasteiger partial charge in [-0.15, -0.1) is 13.2 Å². The van der Waals surface area contributed by atoms with Crippen LogP contribution in [0.5, 0.6) is 0 Å². The smallest absolute Gasteiger partial charge is 0.164 e. The van der Waals surface area contributed by atoms with E-state index in [0.717, 1.165) is 6.42 Å². The van der Waals surface area contributed by atoms with Crippen molar-refractivity contribution in [1.82, 2.24) is 0 Å². The van der Waals surface area contributed by atoms with Crippen LogP contribution in [0.15, 0.2) is 49.1 Å². The van der Waals surface area contributed by atoms with Gasteiger partial charge in [0.1, 0.15) is 0 Å². The SMILES string of the molecule is C=CCC1=CC(=O)[C@]2(CC=C)[C@H](C1=O)[C@@H]1C=C[C@H]2C1. The van der Waals surface area contributed by atoms with Crippen molar-refractivity contribution in [2.45, 2.75) is 19.3 Å². The molecular weight excluding hydrogens is 236 g/mol. The summed E-state index contributed by atoms with van der Waals surface area (Å²) in [7, 11) is 0. The zero-order chi connectivity index (χ0) is 13.6. The molecule has 3 rings (SSSR count). The first-order valence-corrected chi connectivity index (χ1v) is 6.84. The van der Waals surface area contributed by atoms with Gasteiger partial charge >= 0.3 is 0 Å². The summed E-state index contributed by atoms with van der Waals surface area (Å²) in [6, 6.07) is 0. The minimum Gasteiger partial charge on any atom is -0.294 e. The molecule has 0 aromatic heterocycles. The summed E-state index contributed by atoms with van der Waals surface area (Å²) in [5, 5.41) is 0. The third-order valence-corrected chi connectivity index (χ3v) is 4.97. The first-order valence-electron chi connectivity index (χ1n) is 6.84. The molecule has 2 nitrogen and oxygen atoms in total. The molecule has 1 fully saturated rings. The zero-order valence-electron chi connectivity index (χ0n) is 11.0. The van der Waals surface area contributed by atoms with E-state index in [0.29, 0.717) is 18.4 Å². The second-order valence-electron chi connectivity index (χ2n) is 5.79. The lowest BCUT2D eigenvalue weighted by Gasteiger charge is -2.41. The lowest BCUT2D eigenvalue weighted by atomic mass is 9.59. The summed E-state index contributed by atoms with van der Waals surface area (Å²) in [6.07, 6.45) is 11.3. The van der Waals surface area contributed by atoms with E-state index < -0.39 is 5.41 Å². The van der Waals surface area contributed by atoms with Gasteiger partial charge < -0.3 is 0 Å². The van der Waals surface area contributed by atoms with Crippen LogP contribution in [0.4, 0.5) is 0 Å². The maximum Gasteiger partial charge on any atom is 0.164 e. The van der Waals surface area contributed by atoms with Crippen LogP contribution in [0.1, 0.15) is 19.3 Å². The Kier molecular flexibility index (Phi) is 2.70. The normalized spacial score (nSPS) is 39.2. The summed E-state index contributed by atoms with van der Waals surface area (Å²) in [4.78, 5) is 25.3. The number of allylic oxidation sites excluding steroid dienone is 6. The first-order chi connectivity index (χ1) is 9.15. The van der Waals surface area contributed by atoms with Crippen LogP contribution in [0, 0.1) is 23.2 Å². The lowest BCUT2D eigenvalue weighted by Crippen LogP contribution is -2.48. The fourth-order valence-electron chi connectivity index (χ4n) is 4.23. The summed E-state index contributed by atoms with van der Waals surface area (Å²) in [6.45, 7) is 7.45. The molecule has 2 bridgehead atoms. The summed E-state index contributed by atoms with van der Waals surface area (Å²) < 4.78 is 0. The third-order valence-electron chi connectivity index (χ3n) is 4.97. The number of rotatable bonds is 4. The minimum atomic E-state index is -0.539. The van der Waals surface area contributed by atoms with Crippen molar-refractivity contribution >= 4 is 11.6 Å². The average molecular weight is 254 g/mol. The highest BCUT2D eigenvalue weighted by molar-refractivity contribution is 6.13. The molecule has 0 aromatic carbocycles. The average Bonchev–Trinajstić information content (AvgIpc) is 2.96. The van der Waals surface area contributed by atoms with Crippen molar-refractivity contribution in [2.24, 2.45) is 23.2 Å². The Morgan fingerprint density at radius 1 is 1.26 bits per heavy atom. The van der Waals surface area contributed by atoms with E-state index in [1.54, 1.807) is 18.2 Å². The number of fused-ring (bicyclic) bond motifs is 5. The molecule has 19 heavy (non-hydrogen) atoms. The number of ketones is 2. The zero-order valence-corrected chi connectivity index (χ0v) is 11.0. The predicted octanol–water partition coefficient (Wildman–Crippen LogP) is 3.03. The quantitative estimate of drug-likeness (QED) is 0.723. The Morgan fingerprint density at radius 3 is 2.74 bits per heavy atom. The molecule has 0 spiro atoms. The Hall–Kier alpha value is -1.70. The maximum atomic E-state index is 12.7. The van der Waals surface area contributed by atoms with Crippen LogP contribution < -0.4 is 0 Å². The van der Waals surface area contributed by atoms with Crippen molar-refractivity contribution in [3.63, 3.8) is 0 Å². The summed E-state index contributed by atoms with van der Waals surface area (Å²) >= 11 is 0. The fourth-order valence-corrected chi connectivity index (χ4v) is 4.23. The molecule has 0 aromatic rings. The van der Waals surface area contributed by atoms with Gasteiger partial charge in [-0.25, -0.2) is 0 Å². The van der Waals surface area contributed by atoms with Gasteiger partial charge in [0.2, 0.25) is 0 Å². The molecule has 3 aliphatic rings. The molecule has 3 aliphatic carbocycles. The van der Waals surface area contributed by atoms with Gasteiger partial charge in [0, 0.05) is 11.5 Å². The lowest BCUT2D eigenvalue weighted by molar-refractivity contribution is -0.137. The minimum absolute atomic E-state index is 0.116. The number of carbonyl (C=O) groups excluding carboxylic acids is 2. The van der Waals surface area contributed by atoms with E-state index in [4.69, 9.17) is 0 Å². The largest absolute Gasteiger partial charge is 0.294 e. The van der Waals surface area contributed by atoms with E-state index in [2.05, 4.69) is 25.3 Å². The Balaban J connectivity index is 2.11. The van der Waals surface area contributed by atoms with Crippen molar-refractivity contribution < 1.29 is 9.59 Å². The van der Waals surface area contributed by atoms with Crippen LogP contribution >= 0.6 is 0 Å². The molecule has 4 atom stereocenters.